The Kier molecular flexibility index (Phi) is 6.63. The van der Waals surface area contributed by atoms with Crippen LogP contribution < -0.4 is 16.2 Å². The fourth-order valence-corrected chi connectivity index (χ4v) is 1.83. The molecular weight excluding hydrogens is 302 g/mol. The second-order valence-electron chi connectivity index (χ2n) is 4.96. The Morgan fingerprint density at radius 1 is 1.25 bits per heavy atom. The van der Waals surface area contributed by atoms with Crippen molar-refractivity contribution in [3.05, 3.63) is 29.8 Å². The Morgan fingerprint density at radius 3 is 2.15 bits per heavy atom. The van der Waals surface area contributed by atoms with Gasteiger partial charge in [0.1, 0.15) is 0 Å². The molecule has 0 aromatic heterocycles. The fraction of sp³-hybridized carbons (Fsp3) is 0.417. The third kappa shape index (κ3) is 5.09. The number of amides is 1. The van der Waals surface area contributed by atoms with E-state index >= 15 is 0 Å². The number of hydrogen-bond donors (Lipinski definition) is 3. The molecule has 8 heteroatoms. The zero-order valence-electron chi connectivity index (χ0n) is 11.4. The average Bonchev–Trinajstić information content (AvgIpc) is 2.35. The first-order valence-corrected chi connectivity index (χ1v) is 7.31. The van der Waals surface area contributed by atoms with E-state index in [9.17, 15) is 13.2 Å². The van der Waals surface area contributed by atoms with E-state index in [0.717, 1.165) is 5.56 Å². The van der Waals surface area contributed by atoms with Crippen molar-refractivity contribution in [1.82, 2.24) is 5.32 Å². The quantitative estimate of drug-likeness (QED) is 0.726. The van der Waals surface area contributed by atoms with Crippen LogP contribution >= 0.6 is 12.4 Å². The molecule has 1 rings (SSSR count). The van der Waals surface area contributed by atoms with Crippen LogP contribution in [0.2, 0.25) is 0 Å². The number of hydrogen-bond acceptors (Lipinski definition) is 4. The largest absolute Gasteiger partial charge is 0.352 e. The number of rotatable bonds is 5. The van der Waals surface area contributed by atoms with Crippen molar-refractivity contribution in [2.75, 3.05) is 6.54 Å². The van der Waals surface area contributed by atoms with E-state index in [1.807, 2.05) is 0 Å². The summed E-state index contributed by atoms with van der Waals surface area (Å²) < 4.78 is 22.1. The minimum atomic E-state index is -3.68. The van der Waals surface area contributed by atoms with Gasteiger partial charge in [-0.3, -0.25) is 4.79 Å². The number of carbonyl (C=O) groups is 1. The van der Waals surface area contributed by atoms with Crippen molar-refractivity contribution in [2.45, 2.75) is 25.3 Å². The van der Waals surface area contributed by atoms with Gasteiger partial charge in [-0.05, 0) is 31.5 Å². The molecule has 0 bridgehead atoms. The second kappa shape index (κ2) is 7.03. The van der Waals surface area contributed by atoms with Crippen molar-refractivity contribution in [3.63, 3.8) is 0 Å². The van der Waals surface area contributed by atoms with Gasteiger partial charge in [-0.1, -0.05) is 12.1 Å². The number of benzene rings is 1. The first-order valence-electron chi connectivity index (χ1n) is 5.77. The zero-order valence-corrected chi connectivity index (χ0v) is 13.1. The third-order valence-corrected chi connectivity index (χ3v) is 3.76. The molecule has 0 heterocycles. The zero-order chi connectivity index (χ0) is 14.7. The maximum atomic E-state index is 11.8. The summed E-state index contributed by atoms with van der Waals surface area (Å²) in [6.45, 7) is 4.08. The summed E-state index contributed by atoms with van der Waals surface area (Å²) >= 11 is 0. The Hall–Kier alpha value is -1.15. The number of primary sulfonamides is 1. The lowest BCUT2D eigenvalue weighted by Crippen LogP contribution is -2.41. The molecule has 0 aliphatic heterocycles. The number of sulfonamides is 1. The van der Waals surface area contributed by atoms with Crippen molar-refractivity contribution in [3.8, 4) is 0 Å². The Labute approximate surface area is 125 Å². The molecule has 1 amide bonds. The summed E-state index contributed by atoms with van der Waals surface area (Å²) in [5.41, 5.74) is 5.66. The molecule has 6 nitrogen and oxygen atoms in total. The summed E-state index contributed by atoms with van der Waals surface area (Å²) in [6, 6.07) is 6.03. The summed E-state index contributed by atoms with van der Waals surface area (Å²) in [5, 5.41) is 7.74. The highest BCUT2D eigenvalue weighted by atomic mass is 35.5. The molecule has 0 aliphatic carbocycles. The lowest BCUT2D eigenvalue weighted by atomic mass is 9.92. The highest BCUT2D eigenvalue weighted by Crippen LogP contribution is 2.13. The molecule has 0 saturated heterocycles. The van der Waals surface area contributed by atoms with Crippen LogP contribution in [0.5, 0.6) is 0 Å². The van der Waals surface area contributed by atoms with Gasteiger partial charge in [-0.2, -0.15) is 0 Å². The fourth-order valence-electron chi connectivity index (χ4n) is 1.31. The van der Waals surface area contributed by atoms with Crippen molar-refractivity contribution < 1.29 is 13.2 Å². The molecule has 0 atom stereocenters. The Bertz CT molecular complexity index is 556. The molecule has 114 valence electrons. The van der Waals surface area contributed by atoms with E-state index < -0.39 is 15.4 Å². The van der Waals surface area contributed by atoms with Gasteiger partial charge in [0.15, 0.2) is 0 Å². The molecule has 5 N–H and O–H groups in total. The number of nitrogens with two attached hydrogens (primary N) is 2. The van der Waals surface area contributed by atoms with E-state index in [-0.39, 0.29) is 29.8 Å². The maximum Gasteiger partial charge on any atom is 0.238 e. The van der Waals surface area contributed by atoms with E-state index in [4.69, 9.17) is 10.9 Å². The SMILES string of the molecule is CC(C)(CN)C(=O)NCc1ccc(S(N)(=O)=O)cc1.Cl. The van der Waals surface area contributed by atoms with Gasteiger partial charge in [-0.15, -0.1) is 12.4 Å². The highest BCUT2D eigenvalue weighted by molar-refractivity contribution is 7.89. The molecule has 0 aliphatic rings. The van der Waals surface area contributed by atoms with Crippen LogP contribution in [0.1, 0.15) is 19.4 Å². The smallest absolute Gasteiger partial charge is 0.238 e. The molecule has 1 aromatic carbocycles. The maximum absolute atomic E-state index is 11.8. The van der Waals surface area contributed by atoms with Crippen molar-refractivity contribution in [2.24, 2.45) is 16.3 Å². The molecule has 20 heavy (non-hydrogen) atoms. The molecule has 0 fully saturated rings. The topological polar surface area (TPSA) is 115 Å². The van der Waals surface area contributed by atoms with Gasteiger partial charge < -0.3 is 11.1 Å². The summed E-state index contributed by atoms with van der Waals surface area (Å²) in [7, 11) is -3.68. The molecule has 0 saturated carbocycles. The number of nitrogens with one attached hydrogen (secondary N) is 1. The van der Waals surface area contributed by atoms with Gasteiger partial charge in [0.25, 0.3) is 0 Å². The molecule has 0 spiro atoms. The average molecular weight is 322 g/mol. The van der Waals surface area contributed by atoms with Crippen molar-refractivity contribution >= 4 is 28.3 Å². The van der Waals surface area contributed by atoms with Gasteiger partial charge in [-0.25, -0.2) is 13.6 Å². The van der Waals surface area contributed by atoms with Crippen LogP contribution in [0.25, 0.3) is 0 Å². The van der Waals surface area contributed by atoms with E-state index in [0.29, 0.717) is 6.54 Å². The first kappa shape index (κ1) is 18.9. The van der Waals surface area contributed by atoms with Crippen LogP contribution in [-0.4, -0.2) is 20.9 Å². The Morgan fingerprint density at radius 2 is 1.75 bits per heavy atom. The van der Waals surface area contributed by atoms with Crippen LogP contribution in [0.4, 0.5) is 0 Å². The Balaban J connectivity index is 0.00000361. The summed E-state index contributed by atoms with van der Waals surface area (Å²) in [5.74, 6) is -0.148. The summed E-state index contributed by atoms with van der Waals surface area (Å²) in [6.07, 6.45) is 0. The van der Waals surface area contributed by atoms with E-state index in [2.05, 4.69) is 5.32 Å². The summed E-state index contributed by atoms with van der Waals surface area (Å²) in [4.78, 5) is 11.8. The van der Waals surface area contributed by atoms with Gasteiger partial charge in [0.05, 0.1) is 10.3 Å². The predicted octanol–water partition coefficient (Wildman–Crippen LogP) is 0.357. The standard InChI is InChI=1S/C12H19N3O3S.ClH/c1-12(2,8-13)11(16)15-7-9-3-5-10(6-4-9)19(14,17)18;/h3-6H,7-8,13H2,1-2H3,(H,15,16)(H2,14,17,18);1H. The molecule has 0 unspecified atom stereocenters. The normalized spacial score (nSPS) is 11.6. The van der Waals surface area contributed by atoms with Gasteiger partial charge >= 0.3 is 0 Å². The molecular formula is C12H20ClN3O3S. The van der Waals surface area contributed by atoms with E-state index in [1.54, 1.807) is 26.0 Å². The minimum absolute atomic E-state index is 0. The number of halogens is 1. The van der Waals surface area contributed by atoms with Crippen LogP contribution in [0.3, 0.4) is 0 Å². The molecule has 1 aromatic rings. The minimum Gasteiger partial charge on any atom is -0.352 e. The predicted molar refractivity (Wildman–Crippen MR) is 79.7 cm³/mol. The van der Waals surface area contributed by atoms with Crippen LogP contribution in [0, 0.1) is 5.41 Å². The van der Waals surface area contributed by atoms with Gasteiger partial charge in [0.2, 0.25) is 15.9 Å². The van der Waals surface area contributed by atoms with Crippen molar-refractivity contribution in [1.29, 1.82) is 0 Å². The second-order valence-corrected chi connectivity index (χ2v) is 6.52. The number of carbonyl (C=O) groups excluding carboxylic acids is 1. The third-order valence-electron chi connectivity index (χ3n) is 2.83. The first-order chi connectivity index (χ1) is 8.66. The highest BCUT2D eigenvalue weighted by Gasteiger charge is 2.25. The van der Waals surface area contributed by atoms with Gasteiger partial charge in [0, 0.05) is 13.1 Å². The monoisotopic (exact) mass is 321 g/mol. The lowest BCUT2D eigenvalue weighted by molar-refractivity contribution is -0.129. The molecule has 0 radical (unpaired) electrons. The lowest BCUT2D eigenvalue weighted by Gasteiger charge is -2.21. The van der Waals surface area contributed by atoms with E-state index in [1.165, 1.54) is 12.1 Å². The van der Waals surface area contributed by atoms with Crippen LogP contribution in [-0.2, 0) is 21.4 Å². The van der Waals surface area contributed by atoms with Crippen LogP contribution in [0.15, 0.2) is 29.2 Å².